The van der Waals surface area contributed by atoms with Gasteiger partial charge in [0.05, 0.1) is 37.7 Å². The second kappa shape index (κ2) is 18.0. The van der Waals surface area contributed by atoms with Crippen LogP contribution in [0.4, 0.5) is 0 Å². The van der Waals surface area contributed by atoms with E-state index in [0.717, 1.165) is 38.0 Å². The van der Waals surface area contributed by atoms with Gasteiger partial charge >= 0.3 is 11.9 Å². The molecule has 10 nitrogen and oxygen atoms in total. The second-order valence-corrected chi connectivity index (χ2v) is 16.2. The van der Waals surface area contributed by atoms with Crippen LogP contribution in [0.25, 0.3) is 0 Å². The quantitative estimate of drug-likeness (QED) is 0.253. The number of halogens is 2. The predicted octanol–water partition coefficient (Wildman–Crippen LogP) is 5.82. The number of nitrogens with zero attached hydrogens (tertiary/aromatic N) is 4. The fraction of sp³-hybridized carbons (Fsp3) is 0.548. The molecule has 0 spiro atoms. The van der Waals surface area contributed by atoms with Crippen molar-refractivity contribution in [2.24, 2.45) is 0 Å². The molecule has 3 atom stereocenters. The number of amides is 1. The average molecular weight is 781 g/mol. The molecule has 0 aliphatic carbocycles. The number of dihydropyridines is 1. The Hall–Kier alpha value is -3.41. The van der Waals surface area contributed by atoms with Gasteiger partial charge in [0, 0.05) is 71.3 Å². The van der Waals surface area contributed by atoms with Crippen LogP contribution in [0, 0.1) is 0 Å². The van der Waals surface area contributed by atoms with Gasteiger partial charge in [0.15, 0.2) is 0 Å². The van der Waals surface area contributed by atoms with Gasteiger partial charge in [-0.2, -0.15) is 0 Å². The monoisotopic (exact) mass is 779 g/mol. The normalized spacial score (nSPS) is 23.5. The number of benzene rings is 2. The highest BCUT2D eigenvalue weighted by molar-refractivity contribution is 6.36. The van der Waals surface area contributed by atoms with E-state index < -0.39 is 17.9 Å². The fourth-order valence-corrected chi connectivity index (χ4v) is 9.71. The molecule has 4 aliphatic heterocycles. The van der Waals surface area contributed by atoms with Gasteiger partial charge in [-0.15, -0.1) is 0 Å². The zero-order valence-corrected chi connectivity index (χ0v) is 33.8. The van der Waals surface area contributed by atoms with E-state index in [1.165, 1.54) is 45.5 Å². The van der Waals surface area contributed by atoms with Crippen molar-refractivity contribution in [3.63, 3.8) is 0 Å². The number of nitrogens with one attached hydrogen (secondary N) is 1. The fourth-order valence-electron chi connectivity index (χ4n) is 9.09. The molecule has 2 aromatic rings. The predicted molar refractivity (Wildman–Crippen MR) is 212 cm³/mol. The van der Waals surface area contributed by atoms with Crippen LogP contribution in [-0.2, 0) is 36.7 Å². The van der Waals surface area contributed by atoms with Crippen molar-refractivity contribution in [3.8, 4) is 0 Å². The van der Waals surface area contributed by atoms with Gasteiger partial charge in [0.2, 0.25) is 5.91 Å². The number of hydrogen-bond donors (Lipinski definition) is 1. The number of carbonyl (C=O) groups excluding carboxylic acids is 3. The van der Waals surface area contributed by atoms with Gasteiger partial charge in [-0.05, 0) is 102 Å². The summed E-state index contributed by atoms with van der Waals surface area (Å²) in [4.78, 5) is 51.1. The number of ether oxygens (including phenoxy) is 2. The van der Waals surface area contributed by atoms with Crippen molar-refractivity contribution in [2.75, 3.05) is 68.1 Å². The number of methoxy groups -OCH3 is 2. The summed E-state index contributed by atoms with van der Waals surface area (Å²) >= 11 is 13.7. The largest absolute Gasteiger partial charge is 0.466 e. The minimum absolute atomic E-state index is 0.0829. The van der Waals surface area contributed by atoms with Crippen molar-refractivity contribution >= 4 is 41.0 Å². The van der Waals surface area contributed by atoms with Crippen LogP contribution in [0.1, 0.15) is 67.6 Å². The smallest absolute Gasteiger partial charge is 0.336 e. The van der Waals surface area contributed by atoms with Crippen LogP contribution in [0.3, 0.4) is 0 Å². The van der Waals surface area contributed by atoms with Gasteiger partial charge in [-0.25, -0.2) is 9.59 Å². The lowest BCUT2D eigenvalue weighted by molar-refractivity contribution is -0.137. The minimum Gasteiger partial charge on any atom is -0.466 e. The first-order valence-corrected chi connectivity index (χ1v) is 20.0. The molecule has 6 rings (SSSR count). The van der Waals surface area contributed by atoms with Crippen LogP contribution in [-0.4, -0.2) is 124 Å². The molecule has 0 radical (unpaired) electrons. The van der Waals surface area contributed by atoms with E-state index in [4.69, 9.17) is 32.7 Å². The van der Waals surface area contributed by atoms with E-state index >= 15 is 0 Å². The van der Waals surface area contributed by atoms with E-state index in [2.05, 4.69) is 59.4 Å². The Kier molecular flexibility index (Phi) is 13.4. The number of esters is 2. The molecule has 54 heavy (non-hydrogen) atoms. The van der Waals surface area contributed by atoms with Gasteiger partial charge < -0.3 is 29.5 Å². The highest BCUT2D eigenvalue weighted by atomic mass is 35.5. The Morgan fingerprint density at radius 3 is 1.93 bits per heavy atom. The number of aryl methyl sites for hydroxylation is 2. The Balaban J connectivity index is 1.30. The van der Waals surface area contributed by atoms with E-state index in [9.17, 15) is 14.4 Å². The lowest BCUT2D eigenvalue weighted by Crippen LogP contribution is -2.56. The van der Waals surface area contributed by atoms with Crippen molar-refractivity contribution in [3.05, 3.63) is 91.7 Å². The third-order valence-electron chi connectivity index (χ3n) is 12.0. The molecule has 3 unspecified atom stereocenters. The summed E-state index contributed by atoms with van der Waals surface area (Å²) in [7, 11) is 9.01. The summed E-state index contributed by atoms with van der Waals surface area (Å²) in [5.41, 5.74) is 4.07. The number of hydrogen-bond acceptors (Lipinski definition) is 9. The average Bonchev–Trinajstić information content (AvgIpc) is 3.35. The van der Waals surface area contributed by atoms with Gasteiger partial charge in [0.25, 0.3) is 0 Å². The number of piperidine rings is 1. The van der Waals surface area contributed by atoms with Gasteiger partial charge in [-0.3, -0.25) is 9.69 Å². The van der Waals surface area contributed by atoms with Crippen LogP contribution in [0.2, 0.25) is 10.0 Å². The molecular weight excluding hydrogens is 725 g/mol. The van der Waals surface area contributed by atoms with Crippen LogP contribution in [0.15, 0.2) is 65.0 Å². The summed E-state index contributed by atoms with van der Waals surface area (Å²) in [6.45, 7) is 3.84. The summed E-state index contributed by atoms with van der Waals surface area (Å²) in [6, 6.07) is 15.3. The third kappa shape index (κ3) is 8.84. The summed E-state index contributed by atoms with van der Waals surface area (Å²) in [5.74, 6) is -2.43. The maximum atomic E-state index is 14.2. The molecular formula is C42H55Cl2N5O5. The summed E-state index contributed by atoms with van der Waals surface area (Å²) in [6.07, 6.45) is 7.79. The number of piperazine rings is 1. The molecule has 4 heterocycles. The highest BCUT2D eigenvalue weighted by Crippen LogP contribution is 2.46. The minimum atomic E-state index is -1.03. The zero-order valence-electron chi connectivity index (χ0n) is 32.3. The number of rotatable bonds is 13. The molecule has 292 valence electrons. The molecule has 0 saturated carbocycles. The molecule has 2 bridgehead atoms. The third-order valence-corrected chi connectivity index (χ3v) is 12.7. The number of fused-ring (bicyclic) bond motifs is 2. The van der Waals surface area contributed by atoms with E-state index in [1.807, 2.05) is 11.0 Å². The lowest BCUT2D eigenvalue weighted by atomic mass is 9.78. The first kappa shape index (κ1) is 40.3. The van der Waals surface area contributed by atoms with Crippen LogP contribution < -0.4 is 5.32 Å². The molecule has 1 N–H and O–H groups in total. The molecule has 3 fully saturated rings. The summed E-state index contributed by atoms with van der Waals surface area (Å²) < 4.78 is 10.7. The zero-order chi connectivity index (χ0) is 38.5. The summed E-state index contributed by atoms with van der Waals surface area (Å²) in [5, 5.41) is 3.99. The molecule has 1 amide bonds. The van der Waals surface area contributed by atoms with Crippen molar-refractivity contribution in [2.45, 2.75) is 81.8 Å². The number of allylic oxidation sites excluding steroid dienone is 1. The van der Waals surface area contributed by atoms with Crippen LogP contribution >= 0.6 is 23.2 Å². The maximum absolute atomic E-state index is 14.2. The van der Waals surface area contributed by atoms with Crippen molar-refractivity contribution in [1.29, 1.82) is 0 Å². The van der Waals surface area contributed by atoms with E-state index in [1.54, 1.807) is 18.2 Å². The Morgan fingerprint density at radius 1 is 0.778 bits per heavy atom. The molecule has 3 saturated heterocycles. The number of carbonyl (C=O) groups is 3. The van der Waals surface area contributed by atoms with Crippen molar-refractivity contribution < 1.29 is 23.9 Å². The molecule has 4 aliphatic rings. The first-order chi connectivity index (χ1) is 26.0. The Bertz CT molecular complexity index is 1740. The lowest BCUT2D eigenvalue weighted by Gasteiger charge is -2.45. The Morgan fingerprint density at radius 2 is 1.35 bits per heavy atom. The Labute approximate surface area is 330 Å². The van der Waals surface area contributed by atoms with Crippen LogP contribution in [0.5, 0.6) is 0 Å². The molecule has 0 aromatic heterocycles. The highest BCUT2D eigenvalue weighted by Gasteiger charge is 2.43. The van der Waals surface area contributed by atoms with Gasteiger partial charge in [-0.1, -0.05) is 53.5 Å². The van der Waals surface area contributed by atoms with E-state index in [-0.39, 0.29) is 33.5 Å². The SMILES string of the molecule is COC(=O)C1=C(CCc2ccccc2CCCN(C)C)NC(CC(=O)N2CCN(C3CC4CCC(C3)N4C)CC2)=C(C(=O)OC)C1c1c(Cl)cccc1Cl. The van der Waals surface area contributed by atoms with E-state index in [0.29, 0.717) is 61.0 Å². The van der Waals surface area contributed by atoms with Gasteiger partial charge in [0.1, 0.15) is 0 Å². The second-order valence-electron chi connectivity index (χ2n) is 15.4. The molecule has 12 heteroatoms. The topological polar surface area (TPSA) is 94.7 Å². The standard InChI is InChI=1S/C42H55Cl2N5O5/c1-46(2)19-9-12-27-10-6-7-11-28(27)15-18-34-38(41(51)53-4)40(37-32(43)13-8-14-33(37)44)39(42(52)54-5)35(45-34)26-36(50)49-22-20-48(21-23-49)31-24-29-16-17-30(25-31)47(29)3/h6-8,10-11,13-14,29-31,40,45H,9,12,15-26H2,1-5H3. The first-order valence-electron chi connectivity index (χ1n) is 19.3. The van der Waals surface area contributed by atoms with Crippen molar-refractivity contribution in [1.82, 2.24) is 24.9 Å². The maximum Gasteiger partial charge on any atom is 0.336 e. The molecule has 2 aromatic carbocycles.